The first kappa shape index (κ1) is 24.7. The number of nitrogens with one attached hydrogen (secondary N) is 1. The molecule has 1 heterocycles. The molecule has 1 aliphatic heterocycles. The van der Waals surface area contributed by atoms with Crippen LogP contribution in [0, 0.1) is 11.3 Å². The van der Waals surface area contributed by atoms with Gasteiger partial charge in [0.05, 0.1) is 36.7 Å². The lowest BCUT2D eigenvalue weighted by Gasteiger charge is -2.32. The molecule has 0 amide bonds. The second-order valence-corrected chi connectivity index (χ2v) is 10.3. The van der Waals surface area contributed by atoms with Crippen LogP contribution in [0.15, 0.2) is 84.3 Å². The molecule has 0 aliphatic carbocycles. The van der Waals surface area contributed by atoms with Gasteiger partial charge in [-0.1, -0.05) is 59.4 Å². The highest BCUT2D eigenvalue weighted by molar-refractivity contribution is 7.92. The van der Waals surface area contributed by atoms with Gasteiger partial charge in [0.2, 0.25) is 0 Å². The number of nitriles is 1. The molecule has 0 spiro atoms. The molecule has 1 aliphatic rings. The van der Waals surface area contributed by atoms with E-state index in [1.54, 1.807) is 6.08 Å². The van der Waals surface area contributed by atoms with Crippen LogP contribution in [0.2, 0.25) is 0 Å². The maximum Gasteiger partial charge on any atom is 0.275 e. The normalized spacial score (nSPS) is 15.2. The average Bonchev–Trinajstić information content (AvgIpc) is 3.34. The van der Waals surface area contributed by atoms with Gasteiger partial charge in [-0.25, -0.2) is 13.0 Å². The lowest BCUT2D eigenvalue weighted by atomic mass is 10.0. The predicted octanol–water partition coefficient (Wildman–Crippen LogP) is 5.11. The third-order valence-electron chi connectivity index (χ3n) is 6.18. The van der Waals surface area contributed by atoms with Crippen molar-refractivity contribution in [3.63, 3.8) is 0 Å². The van der Waals surface area contributed by atoms with E-state index >= 15 is 0 Å². The topological polar surface area (TPSA) is 79.2 Å². The van der Waals surface area contributed by atoms with Gasteiger partial charge in [0.25, 0.3) is 10.0 Å². The van der Waals surface area contributed by atoms with Gasteiger partial charge in [-0.05, 0) is 47.0 Å². The zero-order valence-corrected chi connectivity index (χ0v) is 20.5. The van der Waals surface area contributed by atoms with Crippen molar-refractivity contribution >= 4 is 16.1 Å². The smallest absolute Gasteiger partial charge is 0.275 e. The van der Waals surface area contributed by atoms with Crippen molar-refractivity contribution in [2.75, 3.05) is 26.2 Å². The van der Waals surface area contributed by atoms with Gasteiger partial charge < -0.3 is 4.74 Å². The van der Waals surface area contributed by atoms with Gasteiger partial charge in [0, 0.05) is 19.3 Å². The summed E-state index contributed by atoms with van der Waals surface area (Å²) < 4.78 is 31.8. The highest BCUT2D eigenvalue weighted by Crippen LogP contribution is 2.23. The standard InChI is InChI=1S/C28H30N3O3S/c29-23-25-9-11-26(12-10-25)27-13-15-28(16-14-27)34-21-6-20-31(18-4-5-19-31)30-35(32,33)22-17-24-7-2-1-3-8-24/h1-3,7-17,22,30H,4-6,18-21H2/q+1/b22-17+. The molecule has 0 bridgehead atoms. The van der Waals surface area contributed by atoms with E-state index in [1.807, 2.05) is 78.9 Å². The molecular weight excluding hydrogens is 458 g/mol. The number of nitrogens with zero attached hydrogens (tertiary/aromatic N) is 2. The molecule has 3 aromatic rings. The Balaban J connectivity index is 1.29. The molecule has 0 saturated carbocycles. The summed E-state index contributed by atoms with van der Waals surface area (Å²) in [4.78, 5) is 2.92. The molecule has 1 saturated heterocycles. The fourth-order valence-electron chi connectivity index (χ4n) is 4.37. The van der Waals surface area contributed by atoms with Crippen molar-refractivity contribution in [1.82, 2.24) is 4.83 Å². The summed E-state index contributed by atoms with van der Waals surface area (Å²) in [5, 5.41) is 10.2. The second-order valence-electron chi connectivity index (χ2n) is 8.79. The minimum Gasteiger partial charge on any atom is -0.493 e. The number of rotatable bonds is 10. The number of hydrogen-bond acceptors (Lipinski definition) is 4. The SMILES string of the molecule is N#Cc1ccc(-c2ccc(OCCC[N+]3(NS(=O)(=O)/C=C/c4ccccc4)CCCC3)cc2)cc1. The van der Waals surface area contributed by atoms with E-state index in [-0.39, 0.29) is 0 Å². The number of quaternary nitrogens is 1. The summed E-state index contributed by atoms with van der Waals surface area (Å²) in [6.07, 6.45) is 4.37. The van der Waals surface area contributed by atoms with Crippen molar-refractivity contribution in [2.45, 2.75) is 19.3 Å². The lowest BCUT2D eigenvalue weighted by molar-refractivity contribution is -0.945. The van der Waals surface area contributed by atoms with Crippen LogP contribution in [0.1, 0.15) is 30.4 Å². The molecule has 0 atom stereocenters. The van der Waals surface area contributed by atoms with Crippen LogP contribution in [0.25, 0.3) is 17.2 Å². The summed E-state index contributed by atoms with van der Waals surface area (Å²) >= 11 is 0. The Labute approximate surface area is 207 Å². The summed E-state index contributed by atoms with van der Waals surface area (Å²) in [6.45, 7) is 2.77. The first-order valence-electron chi connectivity index (χ1n) is 11.8. The molecule has 7 heteroatoms. The Hall–Kier alpha value is -3.44. The van der Waals surface area contributed by atoms with Gasteiger partial charge in [-0.2, -0.15) is 5.26 Å². The molecule has 180 valence electrons. The Kier molecular flexibility index (Phi) is 7.98. The molecule has 1 N–H and O–H groups in total. The van der Waals surface area contributed by atoms with E-state index < -0.39 is 10.0 Å². The zero-order chi connectivity index (χ0) is 24.6. The molecule has 3 aromatic carbocycles. The number of ether oxygens (including phenoxy) is 1. The number of likely N-dealkylation sites (tertiary alicyclic amines) is 1. The highest BCUT2D eigenvalue weighted by atomic mass is 32.2. The molecule has 0 unspecified atom stereocenters. The Morgan fingerprint density at radius 2 is 1.54 bits per heavy atom. The van der Waals surface area contributed by atoms with Crippen LogP contribution in [0.5, 0.6) is 5.75 Å². The van der Waals surface area contributed by atoms with Gasteiger partial charge in [0.1, 0.15) is 12.3 Å². The fourth-order valence-corrected chi connectivity index (χ4v) is 5.58. The molecular formula is C28H30N3O3S+. The van der Waals surface area contributed by atoms with Gasteiger partial charge in [-0.15, -0.1) is 0 Å². The van der Waals surface area contributed by atoms with Gasteiger partial charge in [-0.3, -0.25) is 0 Å². The molecule has 4 rings (SSSR count). The van der Waals surface area contributed by atoms with Crippen molar-refractivity contribution in [3.05, 3.63) is 95.4 Å². The van der Waals surface area contributed by atoms with Crippen molar-refractivity contribution in [1.29, 1.82) is 5.26 Å². The molecule has 1 fully saturated rings. The molecule has 0 aromatic heterocycles. The van der Waals surface area contributed by atoms with E-state index in [0.717, 1.165) is 54.8 Å². The minimum absolute atomic E-state index is 0.364. The van der Waals surface area contributed by atoms with Crippen molar-refractivity contribution in [3.8, 4) is 22.9 Å². The number of sulfonamides is 1. The largest absolute Gasteiger partial charge is 0.493 e. The maximum absolute atomic E-state index is 12.7. The quantitative estimate of drug-likeness (QED) is 0.318. The molecule has 6 nitrogen and oxygen atoms in total. The van der Waals surface area contributed by atoms with Crippen LogP contribution in [0.4, 0.5) is 0 Å². The Morgan fingerprint density at radius 3 is 2.17 bits per heavy atom. The van der Waals surface area contributed by atoms with E-state index in [0.29, 0.717) is 23.3 Å². The third-order valence-corrected chi connectivity index (χ3v) is 7.32. The minimum atomic E-state index is -3.56. The van der Waals surface area contributed by atoms with Crippen LogP contribution in [0.3, 0.4) is 0 Å². The molecule has 0 radical (unpaired) electrons. The summed E-state index contributed by atoms with van der Waals surface area (Å²) in [6, 6.07) is 26.9. The van der Waals surface area contributed by atoms with Crippen LogP contribution < -0.4 is 9.57 Å². The summed E-state index contributed by atoms with van der Waals surface area (Å²) in [5.74, 6) is 0.779. The highest BCUT2D eigenvalue weighted by Gasteiger charge is 2.35. The van der Waals surface area contributed by atoms with E-state index in [9.17, 15) is 8.42 Å². The predicted molar refractivity (Wildman–Crippen MR) is 138 cm³/mol. The van der Waals surface area contributed by atoms with E-state index in [2.05, 4.69) is 10.9 Å². The third kappa shape index (κ3) is 7.03. The number of hydrogen-bond donors (Lipinski definition) is 1. The van der Waals surface area contributed by atoms with Crippen molar-refractivity contribution < 1.29 is 17.7 Å². The van der Waals surface area contributed by atoms with Crippen LogP contribution >= 0.6 is 0 Å². The van der Waals surface area contributed by atoms with E-state index in [4.69, 9.17) is 10.00 Å². The van der Waals surface area contributed by atoms with Gasteiger partial charge in [0.15, 0.2) is 0 Å². The number of benzene rings is 3. The van der Waals surface area contributed by atoms with Crippen molar-refractivity contribution in [2.24, 2.45) is 0 Å². The summed E-state index contributed by atoms with van der Waals surface area (Å²) in [5.41, 5.74) is 3.59. The second kappa shape index (κ2) is 11.3. The zero-order valence-electron chi connectivity index (χ0n) is 19.6. The lowest BCUT2D eigenvalue weighted by Crippen LogP contribution is -2.58. The molecule has 35 heavy (non-hydrogen) atoms. The van der Waals surface area contributed by atoms with E-state index in [1.165, 1.54) is 5.41 Å². The first-order valence-corrected chi connectivity index (χ1v) is 13.4. The van der Waals surface area contributed by atoms with Crippen LogP contribution in [-0.4, -0.2) is 39.3 Å². The van der Waals surface area contributed by atoms with Crippen LogP contribution in [-0.2, 0) is 10.0 Å². The summed E-state index contributed by atoms with van der Waals surface area (Å²) in [7, 11) is -3.56. The first-order chi connectivity index (χ1) is 17.0. The maximum atomic E-state index is 12.7. The van der Waals surface area contributed by atoms with Gasteiger partial charge >= 0.3 is 0 Å². The average molecular weight is 489 g/mol. The Bertz CT molecular complexity index is 1270. The monoisotopic (exact) mass is 488 g/mol. The fraction of sp³-hybridized carbons (Fsp3) is 0.250. The Morgan fingerprint density at radius 1 is 0.914 bits per heavy atom.